The van der Waals surface area contributed by atoms with E-state index in [1.54, 1.807) is 59.7 Å². The van der Waals surface area contributed by atoms with Crippen LogP contribution < -0.4 is 10.1 Å². The monoisotopic (exact) mass is 280 g/mol. The number of rotatable bonds is 3. The van der Waals surface area contributed by atoms with E-state index >= 15 is 0 Å². The van der Waals surface area contributed by atoms with Gasteiger partial charge in [0, 0.05) is 12.4 Å². The first kappa shape index (κ1) is 12.9. The third kappa shape index (κ3) is 3.24. The second-order valence-electron chi connectivity index (χ2n) is 4.18. The van der Waals surface area contributed by atoms with E-state index in [0.29, 0.717) is 17.3 Å². The van der Waals surface area contributed by atoms with Gasteiger partial charge in [0.05, 0.1) is 11.9 Å². The minimum Gasteiger partial charge on any atom is -0.410 e. The second-order valence-corrected chi connectivity index (χ2v) is 4.18. The van der Waals surface area contributed by atoms with Crippen molar-refractivity contribution in [3.05, 3.63) is 67.1 Å². The van der Waals surface area contributed by atoms with Gasteiger partial charge in [-0.15, -0.1) is 0 Å². The number of aromatic nitrogens is 3. The van der Waals surface area contributed by atoms with E-state index in [2.05, 4.69) is 15.4 Å². The molecule has 6 heteroatoms. The smallest absolute Gasteiger partial charge is 0.410 e. The molecule has 0 aliphatic heterocycles. The number of anilines is 1. The van der Waals surface area contributed by atoms with Crippen LogP contribution in [0.2, 0.25) is 0 Å². The largest absolute Gasteiger partial charge is 0.417 e. The summed E-state index contributed by atoms with van der Waals surface area (Å²) >= 11 is 0. The van der Waals surface area contributed by atoms with Crippen LogP contribution in [0.5, 0.6) is 5.75 Å². The molecule has 0 saturated carbocycles. The normalized spacial score (nSPS) is 10.1. The van der Waals surface area contributed by atoms with E-state index < -0.39 is 6.09 Å². The number of ether oxygens (including phenoxy) is 1. The molecular formula is C15H12N4O2. The molecule has 1 aromatic carbocycles. The lowest BCUT2D eigenvalue weighted by Gasteiger charge is -2.07. The van der Waals surface area contributed by atoms with Crippen LogP contribution in [0.3, 0.4) is 0 Å². The van der Waals surface area contributed by atoms with Crippen molar-refractivity contribution >= 4 is 11.8 Å². The Balaban J connectivity index is 1.64. The standard InChI is InChI=1S/C15H12N4O2/c20-15(21-13-5-2-1-3-6-13)18-12-7-8-14(16-11-12)19-10-4-9-17-19/h1-11H,(H,18,20). The molecule has 2 aromatic heterocycles. The second kappa shape index (κ2) is 5.87. The van der Waals surface area contributed by atoms with Crippen LogP contribution in [0.1, 0.15) is 0 Å². The number of carbonyl (C=O) groups is 1. The van der Waals surface area contributed by atoms with Crippen LogP contribution in [0, 0.1) is 0 Å². The maximum atomic E-state index is 11.7. The van der Waals surface area contributed by atoms with Gasteiger partial charge >= 0.3 is 6.09 Å². The molecule has 0 atom stereocenters. The predicted molar refractivity (Wildman–Crippen MR) is 77.4 cm³/mol. The summed E-state index contributed by atoms with van der Waals surface area (Å²) in [5.74, 6) is 1.15. The Hall–Kier alpha value is -3.15. The summed E-state index contributed by atoms with van der Waals surface area (Å²) in [5.41, 5.74) is 0.548. The highest BCUT2D eigenvalue weighted by molar-refractivity contribution is 5.86. The number of pyridine rings is 1. The highest BCUT2D eigenvalue weighted by atomic mass is 16.6. The quantitative estimate of drug-likeness (QED) is 0.801. The average molecular weight is 280 g/mol. The fourth-order valence-electron chi connectivity index (χ4n) is 1.74. The molecule has 104 valence electrons. The molecule has 0 bridgehead atoms. The van der Waals surface area contributed by atoms with Gasteiger partial charge in [-0.05, 0) is 30.3 Å². The molecule has 0 radical (unpaired) electrons. The topological polar surface area (TPSA) is 69.0 Å². The Morgan fingerprint density at radius 1 is 1.10 bits per heavy atom. The summed E-state index contributed by atoms with van der Waals surface area (Å²) in [4.78, 5) is 15.9. The molecule has 0 aliphatic carbocycles. The Kier molecular flexibility index (Phi) is 3.60. The number of nitrogens with one attached hydrogen (secondary N) is 1. The highest BCUT2D eigenvalue weighted by Crippen LogP contribution is 2.12. The zero-order chi connectivity index (χ0) is 14.5. The molecule has 0 aliphatic rings. The van der Waals surface area contributed by atoms with Crippen LogP contribution in [0.4, 0.5) is 10.5 Å². The molecule has 6 nitrogen and oxygen atoms in total. The van der Waals surface area contributed by atoms with Gasteiger partial charge in [0.1, 0.15) is 5.75 Å². The SMILES string of the molecule is O=C(Nc1ccc(-n2cccn2)nc1)Oc1ccccc1. The molecule has 1 N–H and O–H groups in total. The van der Waals surface area contributed by atoms with Crippen molar-refractivity contribution in [1.82, 2.24) is 14.8 Å². The molecule has 0 spiro atoms. The van der Waals surface area contributed by atoms with Crippen molar-refractivity contribution < 1.29 is 9.53 Å². The van der Waals surface area contributed by atoms with Crippen molar-refractivity contribution in [3.63, 3.8) is 0 Å². The number of nitrogens with zero attached hydrogens (tertiary/aromatic N) is 3. The number of hydrogen-bond acceptors (Lipinski definition) is 4. The van der Waals surface area contributed by atoms with Crippen LogP contribution in [0.15, 0.2) is 67.1 Å². The molecule has 2 heterocycles. The van der Waals surface area contributed by atoms with Crippen LogP contribution in [-0.4, -0.2) is 20.9 Å². The molecular weight excluding hydrogens is 268 g/mol. The maximum Gasteiger partial charge on any atom is 0.417 e. The Labute approximate surface area is 121 Å². The van der Waals surface area contributed by atoms with Gasteiger partial charge in [0.2, 0.25) is 0 Å². The zero-order valence-corrected chi connectivity index (χ0v) is 11.0. The van der Waals surface area contributed by atoms with Gasteiger partial charge in [-0.2, -0.15) is 5.10 Å². The van der Waals surface area contributed by atoms with Crippen molar-refractivity contribution in [3.8, 4) is 11.6 Å². The highest BCUT2D eigenvalue weighted by Gasteiger charge is 2.05. The van der Waals surface area contributed by atoms with Gasteiger partial charge in [-0.1, -0.05) is 18.2 Å². The number of benzene rings is 1. The lowest BCUT2D eigenvalue weighted by molar-refractivity contribution is 0.215. The lowest BCUT2D eigenvalue weighted by atomic mass is 10.3. The van der Waals surface area contributed by atoms with Crippen molar-refractivity contribution in [2.75, 3.05) is 5.32 Å². The number of amides is 1. The molecule has 3 aromatic rings. The van der Waals surface area contributed by atoms with Gasteiger partial charge < -0.3 is 4.74 Å². The van der Waals surface area contributed by atoms with Gasteiger partial charge in [0.25, 0.3) is 0 Å². The minimum absolute atomic E-state index is 0.483. The molecule has 0 fully saturated rings. The lowest BCUT2D eigenvalue weighted by Crippen LogP contribution is -2.16. The number of hydrogen-bond donors (Lipinski definition) is 1. The van der Waals surface area contributed by atoms with Crippen LogP contribution in [0.25, 0.3) is 5.82 Å². The summed E-state index contributed by atoms with van der Waals surface area (Å²) in [6.45, 7) is 0. The first-order valence-corrected chi connectivity index (χ1v) is 6.31. The van der Waals surface area contributed by atoms with Crippen LogP contribution in [-0.2, 0) is 0 Å². The van der Waals surface area contributed by atoms with Crippen molar-refractivity contribution in [2.24, 2.45) is 0 Å². The third-order valence-electron chi connectivity index (χ3n) is 2.69. The van der Waals surface area contributed by atoms with E-state index in [0.717, 1.165) is 0 Å². The van der Waals surface area contributed by atoms with Gasteiger partial charge in [0.15, 0.2) is 5.82 Å². The van der Waals surface area contributed by atoms with Gasteiger partial charge in [-0.3, -0.25) is 5.32 Å². The first-order chi connectivity index (χ1) is 10.3. The Morgan fingerprint density at radius 3 is 2.62 bits per heavy atom. The van der Waals surface area contributed by atoms with Gasteiger partial charge in [-0.25, -0.2) is 14.5 Å². The van der Waals surface area contributed by atoms with E-state index in [1.807, 2.05) is 12.1 Å². The molecule has 21 heavy (non-hydrogen) atoms. The summed E-state index contributed by atoms with van der Waals surface area (Å²) < 4.78 is 6.76. The van der Waals surface area contributed by atoms with Crippen molar-refractivity contribution in [1.29, 1.82) is 0 Å². The number of para-hydroxylation sites is 1. The van der Waals surface area contributed by atoms with Crippen molar-refractivity contribution in [2.45, 2.75) is 0 Å². The average Bonchev–Trinajstić information content (AvgIpc) is 3.03. The predicted octanol–water partition coefficient (Wildman–Crippen LogP) is 2.88. The summed E-state index contributed by atoms with van der Waals surface area (Å²) in [7, 11) is 0. The maximum absolute atomic E-state index is 11.7. The Bertz CT molecular complexity index is 709. The first-order valence-electron chi connectivity index (χ1n) is 6.31. The summed E-state index contributed by atoms with van der Waals surface area (Å²) in [5, 5.41) is 6.68. The molecule has 3 rings (SSSR count). The molecule has 0 saturated heterocycles. The third-order valence-corrected chi connectivity index (χ3v) is 2.69. The number of carbonyl (C=O) groups excluding carboxylic acids is 1. The minimum atomic E-state index is -0.560. The molecule has 1 amide bonds. The van der Waals surface area contributed by atoms with E-state index in [-0.39, 0.29) is 0 Å². The zero-order valence-electron chi connectivity index (χ0n) is 11.0. The summed E-state index contributed by atoms with van der Waals surface area (Å²) in [6.07, 6.45) is 4.45. The fourth-order valence-corrected chi connectivity index (χ4v) is 1.74. The van der Waals surface area contributed by atoms with Crippen LogP contribution >= 0.6 is 0 Å². The molecule has 0 unspecified atom stereocenters. The van der Waals surface area contributed by atoms with E-state index in [4.69, 9.17) is 4.74 Å². The summed E-state index contributed by atoms with van der Waals surface area (Å²) in [6, 6.07) is 14.2. The van der Waals surface area contributed by atoms with E-state index in [1.165, 1.54) is 0 Å². The Morgan fingerprint density at radius 2 is 1.95 bits per heavy atom. The van der Waals surface area contributed by atoms with E-state index in [9.17, 15) is 4.79 Å². The fraction of sp³-hybridized carbons (Fsp3) is 0.